The first-order chi connectivity index (χ1) is 10.0. The van der Waals surface area contributed by atoms with E-state index in [1.807, 2.05) is 30.3 Å². The van der Waals surface area contributed by atoms with E-state index in [4.69, 9.17) is 0 Å². The van der Waals surface area contributed by atoms with Crippen molar-refractivity contribution in [3.63, 3.8) is 0 Å². The molecule has 1 nitrogen and oxygen atoms in total. The molecular formula is C16H20F3NS. The van der Waals surface area contributed by atoms with Gasteiger partial charge in [0.15, 0.2) is 0 Å². The first-order valence-corrected chi connectivity index (χ1v) is 8.15. The third-order valence-electron chi connectivity index (χ3n) is 3.79. The zero-order valence-electron chi connectivity index (χ0n) is 11.8. The summed E-state index contributed by atoms with van der Waals surface area (Å²) in [6.07, 6.45) is -0.597. The molecule has 0 heterocycles. The number of hydrogen-bond acceptors (Lipinski definition) is 2. The SMILES string of the molecule is C=CCSc1ccccc1NC1CCC(C(F)(F)F)CC1. The van der Waals surface area contributed by atoms with Crippen molar-refractivity contribution < 1.29 is 13.2 Å². The van der Waals surface area contributed by atoms with Gasteiger partial charge in [-0.3, -0.25) is 0 Å². The minimum Gasteiger partial charge on any atom is -0.381 e. The van der Waals surface area contributed by atoms with E-state index in [0.717, 1.165) is 16.3 Å². The van der Waals surface area contributed by atoms with E-state index in [0.29, 0.717) is 12.8 Å². The van der Waals surface area contributed by atoms with E-state index >= 15 is 0 Å². The lowest BCUT2D eigenvalue weighted by Crippen LogP contribution is -2.32. The molecule has 0 unspecified atom stereocenters. The summed E-state index contributed by atoms with van der Waals surface area (Å²) in [4.78, 5) is 1.12. The summed E-state index contributed by atoms with van der Waals surface area (Å²) < 4.78 is 38.0. The van der Waals surface area contributed by atoms with Gasteiger partial charge in [-0.2, -0.15) is 13.2 Å². The van der Waals surface area contributed by atoms with Gasteiger partial charge in [0.1, 0.15) is 0 Å². The Kier molecular flexibility index (Phi) is 5.62. The summed E-state index contributed by atoms with van der Waals surface area (Å²) in [7, 11) is 0. The van der Waals surface area contributed by atoms with E-state index in [1.165, 1.54) is 0 Å². The van der Waals surface area contributed by atoms with Crippen molar-refractivity contribution >= 4 is 17.4 Å². The van der Waals surface area contributed by atoms with Crippen LogP contribution in [0.3, 0.4) is 0 Å². The van der Waals surface area contributed by atoms with Crippen LogP contribution in [0.25, 0.3) is 0 Å². The fourth-order valence-corrected chi connectivity index (χ4v) is 3.40. The summed E-state index contributed by atoms with van der Waals surface area (Å²) in [6, 6.07) is 8.06. The van der Waals surface area contributed by atoms with Crippen molar-refractivity contribution in [2.24, 2.45) is 5.92 Å². The van der Waals surface area contributed by atoms with E-state index in [2.05, 4.69) is 11.9 Å². The molecule has 2 rings (SSSR count). The van der Waals surface area contributed by atoms with Crippen molar-refractivity contribution in [1.29, 1.82) is 0 Å². The summed E-state index contributed by atoms with van der Waals surface area (Å²) in [5.41, 5.74) is 1.01. The normalized spacial score (nSPS) is 22.8. The molecule has 1 aliphatic rings. The van der Waals surface area contributed by atoms with Crippen LogP contribution in [0.5, 0.6) is 0 Å². The predicted octanol–water partition coefficient (Wildman–Crippen LogP) is 5.50. The number of para-hydroxylation sites is 1. The Morgan fingerprint density at radius 2 is 1.86 bits per heavy atom. The zero-order valence-corrected chi connectivity index (χ0v) is 12.6. The van der Waals surface area contributed by atoms with Crippen LogP contribution >= 0.6 is 11.8 Å². The number of hydrogen-bond donors (Lipinski definition) is 1. The molecule has 21 heavy (non-hydrogen) atoms. The molecule has 1 N–H and O–H groups in total. The van der Waals surface area contributed by atoms with Gasteiger partial charge in [0.2, 0.25) is 0 Å². The van der Waals surface area contributed by atoms with Crippen molar-refractivity contribution in [2.45, 2.75) is 42.8 Å². The molecule has 116 valence electrons. The standard InChI is InChI=1S/C16H20F3NS/c1-2-11-21-15-6-4-3-5-14(15)20-13-9-7-12(8-10-13)16(17,18)19/h2-6,12-13,20H,1,7-11H2. The van der Waals surface area contributed by atoms with E-state index < -0.39 is 12.1 Å². The molecule has 0 atom stereocenters. The molecule has 0 amide bonds. The van der Waals surface area contributed by atoms with Crippen LogP contribution in [0.15, 0.2) is 41.8 Å². The van der Waals surface area contributed by atoms with Gasteiger partial charge in [-0.1, -0.05) is 18.2 Å². The van der Waals surface area contributed by atoms with Gasteiger partial charge in [0.25, 0.3) is 0 Å². The highest BCUT2D eigenvalue weighted by molar-refractivity contribution is 7.99. The van der Waals surface area contributed by atoms with E-state index in [1.54, 1.807) is 11.8 Å². The van der Waals surface area contributed by atoms with Crippen LogP contribution in [0.2, 0.25) is 0 Å². The van der Waals surface area contributed by atoms with Crippen LogP contribution < -0.4 is 5.32 Å². The molecule has 1 fully saturated rings. The first-order valence-electron chi connectivity index (χ1n) is 7.16. The average molecular weight is 315 g/mol. The van der Waals surface area contributed by atoms with Crippen LogP contribution in [-0.4, -0.2) is 18.0 Å². The Bertz CT molecular complexity index is 465. The van der Waals surface area contributed by atoms with Gasteiger partial charge in [-0.05, 0) is 37.8 Å². The van der Waals surface area contributed by atoms with Gasteiger partial charge >= 0.3 is 6.18 Å². The fourth-order valence-electron chi connectivity index (χ4n) is 2.65. The van der Waals surface area contributed by atoms with E-state index in [9.17, 15) is 13.2 Å². The largest absolute Gasteiger partial charge is 0.391 e. The predicted molar refractivity (Wildman–Crippen MR) is 82.8 cm³/mol. The average Bonchev–Trinajstić information content (AvgIpc) is 2.46. The van der Waals surface area contributed by atoms with Crippen LogP contribution in [0, 0.1) is 5.92 Å². The number of nitrogens with one attached hydrogen (secondary N) is 1. The number of anilines is 1. The molecule has 0 spiro atoms. The van der Waals surface area contributed by atoms with E-state index in [-0.39, 0.29) is 18.9 Å². The highest BCUT2D eigenvalue weighted by atomic mass is 32.2. The van der Waals surface area contributed by atoms with Crippen LogP contribution in [0.1, 0.15) is 25.7 Å². The van der Waals surface area contributed by atoms with Gasteiger partial charge in [-0.25, -0.2) is 0 Å². The fraction of sp³-hybridized carbons (Fsp3) is 0.500. The molecule has 1 aliphatic carbocycles. The third-order valence-corrected chi connectivity index (χ3v) is 4.86. The smallest absolute Gasteiger partial charge is 0.381 e. The second-order valence-corrected chi connectivity index (χ2v) is 6.39. The van der Waals surface area contributed by atoms with Crippen molar-refractivity contribution in [1.82, 2.24) is 0 Å². The summed E-state index contributed by atoms with van der Waals surface area (Å²) in [6.45, 7) is 3.70. The second-order valence-electron chi connectivity index (χ2n) is 5.33. The number of alkyl halides is 3. The minimum absolute atomic E-state index is 0.133. The lowest BCUT2D eigenvalue weighted by molar-refractivity contribution is -0.182. The van der Waals surface area contributed by atoms with Crippen molar-refractivity contribution in [3.05, 3.63) is 36.9 Å². The lowest BCUT2D eigenvalue weighted by Gasteiger charge is -2.31. The zero-order chi connectivity index (χ0) is 15.3. The first kappa shape index (κ1) is 16.3. The maximum absolute atomic E-state index is 12.7. The van der Waals surface area contributed by atoms with Crippen molar-refractivity contribution in [2.75, 3.05) is 11.1 Å². The Morgan fingerprint density at radius 1 is 1.19 bits per heavy atom. The number of halogens is 3. The molecule has 1 aromatic rings. The Balaban J connectivity index is 1.93. The maximum Gasteiger partial charge on any atom is 0.391 e. The molecule has 0 aromatic heterocycles. The van der Waals surface area contributed by atoms with Gasteiger partial charge < -0.3 is 5.32 Å². The summed E-state index contributed by atoms with van der Waals surface area (Å²) >= 11 is 1.68. The molecular weight excluding hydrogens is 295 g/mol. The highest BCUT2D eigenvalue weighted by Crippen LogP contribution is 2.38. The lowest BCUT2D eigenvalue weighted by atomic mass is 9.85. The number of rotatable bonds is 5. The summed E-state index contributed by atoms with van der Waals surface area (Å²) in [5, 5.41) is 3.41. The molecule has 5 heteroatoms. The molecule has 0 saturated heterocycles. The topological polar surface area (TPSA) is 12.0 Å². The number of benzene rings is 1. The van der Waals surface area contributed by atoms with Gasteiger partial charge in [0.05, 0.1) is 5.92 Å². The van der Waals surface area contributed by atoms with Crippen LogP contribution in [-0.2, 0) is 0 Å². The highest BCUT2D eigenvalue weighted by Gasteiger charge is 2.41. The molecule has 0 radical (unpaired) electrons. The Hall–Kier alpha value is -1.10. The molecule has 1 saturated carbocycles. The Morgan fingerprint density at radius 3 is 2.48 bits per heavy atom. The van der Waals surface area contributed by atoms with Gasteiger partial charge in [0, 0.05) is 22.4 Å². The van der Waals surface area contributed by atoms with Crippen molar-refractivity contribution in [3.8, 4) is 0 Å². The second kappa shape index (κ2) is 7.25. The quantitative estimate of drug-likeness (QED) is 0.569. The Labute approximate surface area is 128 Å². The summed E-state index contributed by atoms with van der Waals surface area (Å²) in [5.74, 6) is -0.305. The molecule has 1 aromatic carbocycles. The number of thioether (sulfide) groups is 1. The van der Waals surface area contributed by atoms with Gasteiger partial charge in [-0.15, -0.1) is 18.3 Å². The monoisotopic (exact) mass is 315 g/mol. The molecule has 0 aliphatic heterocycles. The third kappa shape index (κ3) is 4.70. The maximum atomic E-state index is 12.7. The van der Waals surface area contributed by atoms with Crippen LogP contribution in [0.4, 0.5) is 18.9 Å². The molecule has 0 bridgehead atoms. The minimum atomic E-state index is -4.04.